The van der Waals surface area contributed by atoms with Crippen molar-refractivity contribution < 1.29 is 14.8 Å². The molecule has 0 saturated carbocycles. The smallest absolute Gasteiger partial charge is 0.372 e. The maximum Gasteiger partial charge on any atom is 0.372 e. The van der Waals surface area contributed by atoms with Crippen LogP contribution in [-0.4, -0.2) is 30.9 Å². The van der Waals surface area contributed by atoms with Crippen molar-refractivity contribution in [3.05, 3.63) is 21.7 Å². The van der Waals surface area contributed by atoms with Gasteiger partial charge in [0.25, 0.3) is 4.96 Å². The summed E-state index contributed by atoms with van der Waals surface area (Å²) in [5.74, 6) is -1.08. The first-order valence-corrected chi connectivity index (χ1v) is 6.28. The Hall–Kier alpha value is -2.16. The minimum atomic E-state index is -0.985. The van der Waals surface area contributed by atoms with Crippen LogP contribution in [0.2, 0.25) is 0 Å². The number of hydrogen-bond acceptors (Lipinski definition) is 6. The molecule has 0 spiro atoms. The zero-order valence-electron chi connectivity index (χ0n) is 10.3. The number of thiazole rings is 1. The molecule has 2 aromatic heterocycles. The van der Waals surface area contributed by atoms with Crippen molar-refractivity contribution in [2.24, 2.45) is 0 Å². The number of carboxylic acids is 1. The molecule has 2 rings (SSSR count). The molecule has 0 aliphatic heterocycles. The van der Waals surface area contributed by atoms with Gasteiger partial charge >= 0.3 is 11.8 Å². The average Bonchev–Trinajstić information content (AvgIpc) is 2.72. The molecule has 0 aliphatic rings. The lowest BCUT2D eigenvalue weighted by molar-refractivity contribution is -0.389. The van der Waals surface area contributed by atoms with Gasteiger partial charge in [-0.05, 0) is 18.8 Å². The van der Waals surface area contributed by atoms with E-state index in [1.54, 1.807) is 25.4 Å². The zero-order valence-corrected chi connectivity index (χ0v) is 11.1. The van der Waals surface area contributed by atoms with E-state index < -0.39 is 16.4 Å². The third-order valence-electron chi connectivity index (χ3n) is 2.46. The van der Waals surface area contributed by atoms with Gasteiger partial charge < -0.3 is 20.5 Å². The molecule has 0 radical (unpaired) electrons. The van der Waals surface area contributed by atoms with Crippen LogP contribution in [0, 0.1) is 10.1 Å². The number of nitro groups is 1. The molecule has 19 heavy (non-hydrogen) atoms. The van der Waals surface area contributed by atoms with Gasteiger partial charge in [0.05, 0.1) is 6.42 Å². The van der Waals surface area contributed by atoms with E-state index in [0.29, 0.717) is 4.96 Å². The Morgan fingerprint density at radius 2 is 2.37 bits per heavy atom. The fourth-order valence-corrected chi connectivity index (χ4v) is 2.48. The fourth-order valence-electron chi connectivity index (χ4n) is 1.77. The summed E-state index contributed by atoms with van der Waals surface area (Å²) in [6.45, 7) is 3.30. The summed E-state index contributed by atoms with van der Waals surface area (Å²) in [4.78, 5) is 25.9. The van der Waals surface area contributed by atoms with Crippen LogP contribution in [-0.2, 0) is 4.79 Å². The van der Waals surface area contributed by atoms with Crippen LogP contribution in [0.15, 0.2) is 11.6 Å². The van der Waals surface area contributed by atoms with Crippen LogP contribution in [0.25, 0.3) is 4.96 Å². The molecule has 0 amide bonds. The predicted octanol–water partition coefficient (Wildman–Crippen LogP) is 1.97. The van der Waals surface area contributed by atoms with Crippen LogP contribution >= 0.6 is 11.3 Å². The highest BCUT2D eigenvalue weighted by atomic mass is 32.1. The summed E-state index contributed by atoms with van der Waals surface area (Å²) in [6, 6.07) is 0. The first-order chi connectivity index (χ1) is 8.80. The number of carboxylic acid groups (broad SMARTS) is 1. The first-order valence-electron chi connectivity index (χ1n) is 5.40. The van der Waals surface area contributed by atoms with Crippen LogP contribution in [0.3, 0.4) is 0 Å². The fraction of sp³-hybridized carbons (Fsp3) is 0.400. The number of carbonyl (C=O) groups is 1. The standard InChI is InChI=1S/C10H12N4O4S/c1-10(2,5-6(15)16)12-7-8(14(17)18)13-3-4-19-9(13)11-7/h3-4,12H,5H2,1-2H3,(H,15,16). The van der Waals surface area contributed by atoms with Gasteiger partial charge in [-0.1, -0.05) is 11.3 Å². The summed E-state index contributed by atoms with van der Waals surface area (Å²) in [7, 11) is 0. The van der Waals surface area contributed by atoms with Crippen LogP contribution < -0.4 is 5.32 Å². The Morgan fingerprint density at radius 1 is 1.68 bits per heavy atom. The molecule has 2 heterocycles. The maximum atomic E-state index is 11.1. The number of nitrogens with zero attached hydrogens (tertiary/aromatic N) is 3. The van der Waals surface area contributed by atoms with E-state index in [0.717, 1.165) is 0 Å². The van der Waals surface area contributed by atoms with E-state index in [1.807, 2.05) is 0 Å². The summed E-state index contributed by atoms with van der Waals surface area (Å²) in [5.41, 5.74) is -0.833. The molecular weight excluding hydrogens is 272 g/mol. The van der Waals surface area contributed by atoms with Crippen molar-refractivity contribution in [2.75, 3.05) is 5.32 Å². The summed E-state index contributed by atoms with van der Waals surface area (Å²) in [6.07, 6.45) is 1.38. The van der Waals surface area contributed by atoms with Crippen molar-refractivity contribution >= 4 is 33.9 Å². The Bertz CT molecular complexity index is 645. The van der Waals surface area contributed by atoms with Crippen LogP contribution in [0.4, 0.5) is 11.6 Å². The highest BCUT2D eigenvalue weighted by molar-refractivity contribution is 7.15. The van der Waals surface area contributed by atoms with Crippen molar-refractivity contribution in [1.29, 1.82) is 0 Å². The van der Waals surface area contributed by atoms with Gasteiger partial charge in [-0.3, -0.25) is 4.79 Å². The SMILES string of the molecule is CC(C)(CC(=O)O)Nc1nc2sccn2c1[N+](=O)[O-]. The number of hydrogen-bond donors (Lipinski definition) is 2. The van der Waals surface area contributed by atoms with Gasteiger partial charge in [0.2, 0.25) is 5.82 Å². The van der Waals surface area contributed by atoms with E-state index in [9.17, 15) is 14.9 Å². The lowest BCUT2D eigenvalue weighted by Crippen LogP contribution is -2.34. The van der Waals surface area contributed by atoms with Crippen LogP contribution in [0.5, 0.6) is 0 Å². The molecule has 2 aromatic rings. The first kappa shape index (κ1) is 13.3. The van der Waals surface area contributed by atoms with Crippen molar-refractivity contribution in [2.45, 2.75) is 25.8 Å². The normalized spacial score (nSPS) is 11.7. The van der Waals surface area contributed by atoms with Crippen molar-refractivity contribution in [3.8, 4) is 0 Å². The second-order valence-electron chi connectivity index (χ2n) is 4.68. The minimum Gasteiger partial charge on any atom is -0.481 e. The van der Waals surface area contributed by atoms with E-state index in [-0.39, 0.29) is 18.1 Å². The number of rotatable bonds is 5. The molecular formula is C10H12N4O4S. The number of fused-ring (bicyclic) bond motifs is 1. The Morgan fingerprint density at radius 3 is 2.95 bits per heavy atom. The van der Waals surface area contributed by atoms with Gasteiger partial charge in [-0.2, -0.15) is 9.38 Å². The topological polar surface area (TPSA) is 110 Å². The van der Waals surface area contributed by atoms with Gasteiger partial charge in [0.1, 0.15) is 6.20 Å². The predicted molar refractivity (Wildman–Crippen MR) is 69.7 cm³/mol. The lowest BCUT2D eigenvalue weighted by atomic mass is 10.0. The van der Waals surface area contributed by atoms with Gasteiger partial charge in [0.15, 0.2) is 0 Å². The zero-order chi connectivity index (χ0) is 14.2. The quantitative estimate of drug-likeness (QED) is 0.641. The number of imidazole rings is 1. The minimum absolute atomic E-state index is 0.0862. The number of aromatic nitrogens is 2. The largest absolute Gasteiger partial charge is 0.481 e. The van der Waals surface area contributed by atoms with E-state index >= 15 is 0 Å². The number of aliphatic carboxylic acids is 1. The maximum absolute atomic E-state index is 11.1. The monoisotopic (exact) mass is 284 g/mol. The van der Waals surface area contributed by atoms with E-state index in [2.05, 4.69) is 10.3 Å². The van der Waals surface area contributed by atoms with E-state index in [4.69, 9.17) is 5.11 Å². The molecule has 0 atom stereocenters. The third-order valence-corrected chi connectivity index (χ3v) is 3.22. The molecule has 9 heteroatoms. The molecule has 0 bridgehead atoms. The molecule has 0 unspecified atom stereocenters. The molecule has 8 nitrogen and oxygen atoms in total. The van der Waals surface area contributed by atoms with Crippen LogP contribution in [0.1, 0.15) is 20.3 Å². The highest BCUT2D eigenvalue weighted by Gasteiger charge is 2.29. The van der Waals surface area contributed by atoms with E-state index in [1.165, 1.54) is 15.7 Å². The molecule has 0 aliphatic carbocycles. The lowest BCUT2D eigenvalue weighted by Gasteiger charge is -2.23. The van der Waals surface area contributed by atoms with Gasteiger partial charge in [-0.25, -0.2) is 0 Å². The Kier molecular flexibility index (Phi) is 3.14. The summed E-state index contributed by atoms with van der Waals surface area (Å²) < 4.78 is 1.36. The van der Waals surface area contributed by atoms with Gasteiger partial charge in [0, 0.05) is 10.9 Å². The molecule has 2 N–H and O–H groups in total. The van der Waals surface area contributed by atoms with Crippen molar-refractivity contribution in [3.63, 3.8) is 0 Å². The second-order valence-corrected chi connectivity index (χ2v) is 5.55. The summed E-state index contributed by atoms with van der Waals surface area (Å²) >= 11 is 1.27. The number of nitrogens with one attached hydrogen (secondary N) is 1. The summed E-state index contributed by atoms with van der Waals surface area (Å²) in [5, 5.41) is 24.4. The molecule has 102 valence electrons. The Labute approximate surface area is 111 Å². The number of anilines is 1. The molecule has 0 saturated heterocycles. The second kappa shape index (κ2) is 4.50. The third kappa shape index (κ3) is 2.65. The Balaban J connectivity index is 2.39. The van der Waals surface area contributed by atoms with Gasteiger partial charge in [-0.15, -0.1) is 0 Å². The van der Waals surface area contributed by atoms with Crippen molar-refractivity contribution in [1.82, 2.24) is 9.38 Å². The molecule has 0 fully saturated rings. The molecule has 0 aromatic carbocycles. The average molecular weight is 284 g/mol. The highest BCUT2D eigenvalue weighted by Crippen LogP contribution is 2.30.